The first-order valence-electron chi connectivity index (χ1n) is 12.6. The van der Waals surface area contributed by atoms with E-state index in [0.29, 0.717) is 40.6 Å². The van der Waals surface area contributed by atoms with Crippen LogP contribution in [0.4, 0.5) is 4.39 Å². The molecule has 0 saturated carbocycles. The Morgan fingerprint density at radius 3 is 2.80 bits per heavy atom. The third kappa shape index (κ3) is 5.43. The lowest BCUT2D eigenvalue weighted by atomic mass is 10.1. The highest BCUT2D eigenvalue weighted by Crippen LogP contribution is 2.28. The average Bonchev–Trinajstić information content (AvgIpc) is 3.49. The van der Waals surface area contributed by atoms with Gasteiger partial charge in [0.05, 0.1) is 41.7 Å². The van der Waals surface area contributed by atoms with Gasteiger partial charge >= 0.3 is 5.97 Å². The molecule has 5 heterocycles. The Kier molecular flexibility index (Phi) is 7.00. The fourth-order valence-corrected chi connectivity index (χ4v) is 5.28. The Balaban J connectivity index is 1.21. The third-order valence-corrected chi connectivity index (χ3v) is 7.66. The maximum Gasteiger partial charge on any atom is 0.346 e. The van der Waals surface area contributed by atoms with Crippen LogP contribution in [0.2, 0.25) is 0 Å². The molecule has 1 saturated heterocycles. The van der Waals surface area contributed by atoms with Crippen molar-refractivity contribution in [3.05, 3.63) is 92.7 Å². The summed E-state index contributed by atoms with van der Waals surface area (Å²) in [5.74, 6) is -0.754. The number of rotatable bonds is 9. The first-order chi connectivity index (χ1) is 19.9. The van der Waals surface area contributed by atoms with Crippen LogP contribution in [0.5, 0.6) is 5.88 Å². The highest BCUT2D eigenvalue weighted by Gasteiger charge is 2.24. The number of hydrogen-bond donors (Lipinski definition) is 1. The molecule has 0 radical (unpaired) electrons. The number of ether oxygens (including phenoxy) is 2. The van der Waals surface area contributed by atoms with Crippen molar-refractivity contribution in [1.82, 2.24) is 24.3 Å². The van der Waals surface area contributed by atoms with Gasteiger partial charge in [-0.15, -0.1) is 11.3 Å². The lowest BCUT2D eigenvalue weighted by Crippen LogP contribution is -2.32. The predicted molar refractivity (Wildman–Crippen MR) is 145 cm³/mol. The van der Waals surface area contributed by atoms with Gasteiger partial charge in [-0.05, 0) is 30.7 Å². The number of imidazole rings is 1. The van der Waals surface area contributed by atoms with Crippen molar-refractivity contribution in [1.29, 1.82) is 5.26 Å². The van der Waals surface area contributed by atoms with E-state index in [-0.39, 0.29) is 46.7 Å². The average molecular weight is 573 g/mol. The number of nitriles is 1. The second kappa shape index (κ2) is 10.9. The minimum Gasteiger partial charge on any atom is -0.477 e. The molecule has 1 aliphatic rings. The normalized spacial score (nSPS) is 14.5. The molecule has 0 aliphatic carbocycles. The Morgan fingerprint density at radius 2 is 2.10 bits per heavy atom. The largest absolute Gasteiger partial charge is 0.477 e. The van der Waals surface area contributed by atoms with Gasteiger partial charge in [0.1, 0.15) is 34.5 Å². The van der Waals surface area contributed by atoms with Gasteiger partial charge in [0.25, 0.3) is 5.56 Å². The van der Waals surface area contributed by atoms with Gasteiger partial charge < -0.3 is 19.1 Å². The summed E-state index contributed by atoms with van der Waals surface area (Å²) in [6.45, 7) is 1.18. The summed E-state index contributed by atoms with van der Waals surface area (Å²) in [7, 11) is 0. The molecular formula is C28H21FN6O5S. The second-order valence-electron chi connectivity index (χ2n) is 9.33. The van der Waals surface area contributed by atoms with Gasteiger partial charge in [-0.3, -0.25) is 4.79 Å². The number of carboxylic acid groups (broad SMARTS) is 1. The number of carboxylic acids is 1. The van der Waals surface area contributed by atoms with E-state index in [2.05, 4.69) is 15.1 Å². The quantitative estimate of drug-likeness (QED) is 0.278. The van der Waals surface area contributed by atoms with Gasteiger partial charge in [-0.1, -0.05) is 12.1 Å². The van der Waals surface area contributed by atoms with Crippen molar-refractivity contribution in [3.8, 4) is 23.2 Å². The van der Waals surface area contributed by atoms with Crippen molar-refractivity contribution in [2.24, 2.45) is 0 Å². The van der Waals surface area contributed by atoms with Crippen LogP contribution in [-0.4, -0.2) is 48.1 Å². The lowest BCUT2D eigenvalue weighted by molar-refractivity contribution is -0.0590. The number of halogens is 1. The van der Waals surface area contributed by atoms with Crippen molar-refractivity contribution in [2.75, 3.05) is 6.61 Å². The summed E-state index contributed by atoms with van der Waals surface area (Å²) in [6, 6.07) is 14.1. The number of pyridine rings is 1. The molecular weight excluding hydrogens is 551 g/mol. The smallest absolute Gasteiger partial charge is 0.346 e. The van der Waals surface area contributed by atoms with Crippen molar-refractivity contribution < 1.29 is 23.8 Å². The Labute approximate surface area is 235 Å². The molecule has 4 aromatic heterocycles. The number of hydrogen-bond acceptors (Lipinski definition) is 9. The predicted octanol–water partition coefficient (Wildman–Crippen LogP) is 3.84. The van der Waals surface area contributed by atoms with Gasteiger partial charge in [0.2, 0.25) is 5.88 Å². The van der Waals surface area contributed by atoms with E-state index in [1.165, 1.54) is 29.1 Å². The van der Waals surface area contributed by atoms with Crippen LogP contribution >= 0.6 is 11.3 Å². The van der Waals surface area contributed by atoms with Crippen molar-refractivity contribution >= 4 is 27.7 Å². The number of fused-ring (bicyclic) bond motifs is 1. The number of aromatic carboxylic acids is 1. The van der Waals surface area contributed by atoms with Crippen LogP contribution in [0.3, 0.4) is 0 Å². The van der Waals surface area contributed by atoms with E-state index in [4.69, 9.17) is 14.7 Å². The Bertz CT molecular complexity index is 1890. The molecule has 1 atom stereocenters. The topological polar surface area (TPSA) is 145 Å². The summed E-state index contributed by atoms with van der Waals surface area (Å²) in [6.07, 6.45) is 2.40. The molecule has 1 aromatic carbocycles. The Morgan fingerprint density at radius 1 is 1.24 bits per heavy atom. The maximum atomic E-state index is 14.2. The zero-order valence-corrected chi connectivity index (χ0v) is 22.2. The van der Waals surface area contributed by atoms with Gasteiger partial charge in [-0.25, -0.2) is 23.8 Å². The van der Waals surface area contributed by atoms with Crippen LogP contribution in [-0.2, 0) is 24.4 Å². The van der Waals surface area contributed by atoms with Crippen LogP contribution < -0.4 is 10.3 Å². The van der Waals surface area contributed by atoms with E-state index in [1.807, 2.05) is 10.6 Å². The van der Waals surface area contributed by atoms with E-state index in [9.17, 15) is 19.1 Å². The number of benzene rings is 1. The summed E-state index contributed by atoms with van der Waals surface area (Å²) in [4.78, 5) is 34.3. The van der Waals surface area contributed by atoms with Gasteiger partial charge in [0.15, 0.2) is 0 Å². The van der Waals surface area contributed by atoms with Crippen LogP contribution in [0.1, 0.15) is 33.0 Å². The number of aromatic nitrogens is 5. The summed E-state index contributed by atoms with van der Waals surface area (Å²) >= 11 is 1.08. The van der Waals surface area contributed by atoms with E-state index in [1.54, 1.807) is 24.3 Å². The molecule has 0 unspecified atom stereocenters. The molecule has 1 N–H and O–H groups in total. The molecule has 0 spiro atoms. The Hall–Kier alpha value is -4.93. The lowest BCUT2D eigenvalue weighted by Gasteiger charge is -2.27. The van der Waals surface area contributed by atoms with Crippen LogP contribution in [0.25, 0.3) is 21.6 Å². The number of thiophene rings is 1. The minimum atomic E-state index is -1.01. The fourth-order valence-electron chi connectivity index (χ4n) is 4.39. The molecule has 41 heavy (non-hydrogen) atoms. The van der Waals surface area contributed by atoms with Crippen LogP contribution in [0.15, 0.2) is 59.5 Å². The zero-order chi connectivity index (χ0) is 28.5. The van der Waals surface area contributed by atoms with Crippen molar-refractivity contribution in [2.45, 2.75) is 32.2 Å². The van der Waals surface area contributed by atoms with E-state index in [0.717, 1.165) is 23.8 Å². The first-order valence-corrected chi connectivity index (χ1v) is 13.4. The second-order valence-corrected chi connectivity index (χ2v) is 10.4. The monoisotopic (exact) mass is 572 g/mol. The summed E-state index contributed by atoms with van der Waals surface area (Å²) in [5.41, 5.74) is 1.73. The van der Waals surface area contributed by atoms with Crippen LogP contribution in [0, 0.1) is 17.1 Å². The highest BCUT2D eigenvalue weighted by molar-refractivity contribution is 7.20. The SMILES string of the molecule is N#Cc1ccc(COc2cccc(-c3cnn(Cc4nc5sc(C(=O)O)cc5n4C[C@@H]4CCO4)c(=O)c3)n2)c(F)c1. The molecule has 6 rings (SSSR count). The van der Waals surface area contributed by atoms with Gasteiger partial charge in [-0.2, -0.15) is 10.4 Å². The zero-order valence-electron chi connectivity index (χ0n) is 21.4. The van der Waals surface area contributed by atoms with E-state index >= 15 is 0 Å². The third-order valence-electron chi connectivity index (χ3n) is 6.65. The molecule has 0 amide bonds. The fraction of sp³-hybridized carbons (Fsp3) is 0.214. The molecule has 1 fully saturated rings. The highest BCUT2D eigenvalue weighted by atomic mass is 32.1. The standard InChI is InChI=1S/C28H21FN6O5S/c29-20-8-16(11-30)4-5-17(20)15-40-25-3-1-2-21(32-25)18-9-26(36)35(31-12-18)14-24-33-27-22(10-23(41-27)28(37)38)34(24)13-19-6-7-39-19/h1-5,8-10,12,19H,6-7,13-15H2,(H,37,38)/t19-/m0/s1. The summed E-state index contributed by atoms with van der Waals surface area (Å²) in [5, 5.41) is 22.6. The maximum absolute atomic E-state index is 14.2. The summed E-state index contributed by atoms with van der Waals surface area (Å²) < 4.78 is 28.6. The van der Waals surface area contributed by atoms with Crippen molar-refractivity contribution in [3.63, 3.8) is 0 Å². The molecule has 206 valence electrons. The first kappa shape index (κ1) is 26.3. The van der Waals surface area contributed by atoms with E-state index < -0.39 is 11.8 Å². The molecule has 5 aromatic rings. The molecule has 13 heteroatoms. The molecule has 11 nitrogen and oxygen atoms in total. The number of nitrogens with zero attached hydrogens (tertiary/aromatic N) is 6. The van der Waals surface area contributed by atoms with Gasteiger partial charge in [0, 0.05) is 29.9 Å². The number of carbonyl (C=O) groups is 1. The molecule has 0 bridgehead atoms. The molecule has 1 aliphatic heterocycles. The minimum absolute atomic E-state index is 0.000333.